The number of nitrogens with one attached hydrogen (secondary N) is 1. The van der Waals surface area contributed by atoms with Gasteiger partial charge in [0.15, 0.2) is 28.5 Å². The number of aromatic nitrogens is 4. The van der Waals surface area contributed by atoms with Gasteiger partial charge in [-0.1, -0.05) is 6.92 Å². The number of ether oxygens (including phenoxy) is 2. The largest absolute Gasteiger partial charge is 0.493 e. The number of methoxy groups -OCH3 is 2. The van der Waals surface area contributed by atoms with E-state index in [4.69, 9.17) is 20.2 Å². The molecule has 3 N–H and O–H groups in total. The first kappa shape index (κ1) is 17.7. The summed E-state index contributed by atoms with van der Waals surface area (Å²) in [7, 11) is 3.19. The number of nitrogens with zero attached hydrogens (tertiary/aromatic N) is 4. The van der Waals surface area contributed by atoms with Crippen LogP contribution >= 0.6 is 0 Å². The van der Waals surface area contributed by atoms with Crippen LogP contribution in [-0.4, -0.2) is 40.2 Å². The molecule has 0 amide bonds. The Labute approximate surface area is 151 Å². The molecule has 0 aliphatic heterocycles. The van der Waals surface area contributed by atoms with Crippen LogP contribution < -0.4 is 20.5 Å². The van der Waals surface area contributed by atoms with E-state index in [9.17, 15) is 0 Å². The molecule has 8 nitrogen and oxygen atoms in total. The maximum absolute atomic E-state index is 5.80. The molecule has 0 saturated heterocycles. The number of nitrogen functional groups attached to an aromatic ring is 1. The highest BCUT2D eigenvalue weighted by molar-refractivity contribution is 5.85. The molecule has 3 rings (SSSR count). The Morgan fingerprint density at radius 2 is 1.88 bits per heavy atom. The van der Waals surface area contributed by atoms with Crippen molar-refractivity contribution in [1.29, 1.82) is 0 Å². The maximum Gasteiger partial charge on any atom is 0.224 e. The van der Waals surface area contributed by atoms with Gasteiger partial charge in [0.05, 0.1) is 26.1 Å². The lowest BCUT2D eigenvalue weighted by Crippen LogP contribution is -2.16. The molecule has 0 saturated carbocycles. The van der Waals surface area contributed by atoms with Crippen LogP contribution in [0.5, 0.6) is 11.5 Å². The van der Waals surface area contributed by atoms with Gasteiger partial charge in [-0.3, -0.25) is 0 Å². The summed E-state index contributed by atoms with van der Waals surface area (Å²) in [5, 5.41) is 3.32. The Morgan fingerprint density at radius 1 is 1.12 bits per heavy atom. The molecular formula is C18H22N6O2. The van der Waals surface area contributed by atoms with Gasteiger partial charge in [-0.25, -0.2) is 9.97 Å². The van der Waals surface area contributed by atoms with Crippen molar-refractivity contribution >= 4 is 22.9 Å². The van der Waals surface area contributed by atoms with Gasteiger partial charge in [-0.2, -0.15) is 9.97 Å². The third-order valence-corrected chi connectivity index (χ3v) is 4.10. The lowest BCUT2D eigenvalue weighted by molar-refractivity contribution is 0.355. The predicted molar refractivity (Wildman–Crippen MR) is 101 cm³/mol. The van der Waals surface area contributed by atoms with Gasteiger partial charge < -0.3 is 20.5 Å². The summed E-state index contributed by atoms with van der Waals surface area (Å²) in [6.45, 7) is 4.15. The number of anilines is 2. The van der Waals surface area contributed by atoms with Crippen LogP contribution in [0.25, 0.3) is 22.4 Å². The minimum Gasteiger partial charge on any atom is -0.493 e. The van der Waals surface area contributed by atoms with Gasteiger partial charge in [-0.05, 0) is 31.5 Å². The van der Waals surface area contributed by atoms with Crippen LogP contribution in [0.4, 0.5) is 11.8 Å². The van der Waals surface area contributed by atoms with Gasteiger partial charge in [0, 0.05) is 11.6 Å². The van der Waals surface area contributed by atoms with E-state index in [1.807, 2.05) is 18.2 Å². The van der Waals surface area contributed by atoms with Crippen LogP contribution in [0.1, 0.15) is 20.3 Å². The van der Waals surface area contributed by atoms with Gasteiger partial charge in [0.1, 0.15) is 0 Å². The summed E-state index contributed by atoms with van der Waals surface area (Å²) in [4.78, 5) is 17.6. The highest BCUT2D eigenvalue weighted by Crippen LogP contribution is 2.32. The zero-order valence-corrected chi connectivity index (χ0v) is 15.3. The van der Waals surface area contributed by atoms with E-state index in [1.54, 1.807) is 20.4 Å². The summed E-state index contributed by atoms with van der Waals surface area (Å²) in [6, 6.07) is 5.81. The summed E-state index contributed by atoms with van der Waals surface area (Å²) in [6.07, 6.45) is 2.59. The Hall–Kier alpha value is -3.16. The Morgan fingerprint density at radius 3 is 2.58 bits per heavy atom. The van der Waals surface area contributed by atoms with E-state index >= 15 is 0 Å². The third kappa shape index (κ3) is 3.44. The molecule has 8 heteroatoms. The van der Waals surface area contributed by atoms with Crippen LogP contribution in [0.2, 0.25) is 0 Å². The summed E-state index contributed by atoms with van der Waals surface area (Å²) < 4.78 is 10.6. The highest BCUT2D eigenvalue weighted by atomic mass is 16.5. The Kier molecular flexibility index (Phi) is 5.01. The van der Waals surface area contributed by atoms with Gasteiger partial charge in [0.25, 0.3) is 0 Å². The molecule has 0 spiro atoms. The number of hydrogen-bond donors (Lipinski definition) is 2. The standard InChI is InChI=1S/C18H22N6O2/c1-5-10(2)21-17-15-16(23-18(19)24-17)20-9-12(22-15)11-6-7-13(25-3)14(8-11)26-4/h6-10H,5H2,1-4H3,(H3,19,20,21,23,24)/t10-/m1/s1. The number of nitrogens with two attached hydrogens (primary N) is 1. The van der Waals surface area contributed by atoms with Crippen LogP contribution in [0.15, 0.2) is 24.4 Å². The van der Waals surface area contributed by atoms with Crippen molar-refractivity contribution in [3.63, 3.8) is 0 Å². The second kappa shape index (κ2) is 7.38. The zero-order valence-electron chi connectivity index (χ0n) is 15.3. The van der Waals surface area contributed by atoms with E-state index in [2.05, 4.69) is 34.1 Å². The Bertz CT molecular complexity index is 931. The third-order valence-electron chi connectivity index (χ3n) is 4.10. The van der Waals surface area contributed by atoms with Crippen molar-refractivity contribution in [3.05, 3.63) is 24.4 Å². The van der Waals surface area contributed by atoms with E-state index < -0.39 is 0 Å². The first-order chi connectivity index (χ1) is 12.5. The van der Waals surface area contributed by atoms with Gasteiger partial charge >= 0.3 is 0 Å². The maximum atomic E-state index is 5.80. The highest BCUT2D eigenvalue weighted by Gasteiger charge is 2.14. The predicted octanol–water partition coefficient (Wildman–Crippen LogP) is 2.90. The lowest BCUT2D eigenvalue weighted by atomic mass is 10.1. The first-order valence-electron chi connectivity index (χ1n) is 8.34. The smallest absolute Gasteiger partial charge is 0.224 e. The molecule has 1 aromatic carbocycles. The number of benzene rings is 1. The average Bonchev–Trinajstić information content (AvgIpc) is 2.66. The number of rotatable bonds is 6. The molecule has 0 aliphatic carbocycles. The van der Waals surface area contributed by atoms with Crippen LogP contribution in [-0.2, 0) is 0 Å². The van der Waals surface area contributed by atoms with Crippen molar-refractivity contribution in [2.45, 2.75) is 26.3 Å². The molecule has 0 fully saturated rings. The molecule has 0 aliphatic rings. The summed E-state index contributed by atoms with van der Waals surface area (Å²) >= 11 is 0. The molecule has 0 radical (unpaired) electrons. The van der Waals surface area contributed by atoms with Gasteiger partial charge in [-0.15, -0.1) is 0 Å². The molecular weight excluding hydrogens is 332 g/mol. The van der Waals surface area contributed by atoms with Crippen LogP contribution in [0.3, 0.4) is 0 Å². The van der Waals surface area contributed by atoms with E-state index in [1.165, 1.54) is 0 Å². The summed E-state index contributed by atoms with van der Waals surface area (Å²) in [5.74, 6) is 2.02. The molecule has 3 aromatic rings. The number of hydrogen-bond acceptors (Lipinski definition) is 8. The fraction of sp³-hybridized carbons (Fsp3) is 0.333. The van der Waals surface area contributed by atoms with E-state index in [-0.39, 0.29) is 12.0 Å². The first-order valence-corrected chi connectivity index (χ1v) is 8.34. The molecule has 0 bridgehead atoms. The minimum atomic E-state index is 0.163. The van der Waals surface area contributed by atoms with Gasteiger partial charge in [0.2, 0.25) is 5.95 Å². The summed E-state index contributed by atoms with van der Waals surface area (Å²) in [5.41, 5.74) is 8.36. The minimum absolute atomic E-state index is 0.163. The van der Waals surface area contributed by atoms with Crippen molar-refractivity contribution in [2.75, 3.05) is 25.3 Å². The van der Waals surface area contributed by atoms with E-state index in [0.29, 0.717) is 34.2 Å². The number of fused-ring (bicyclic) bond motifs is 1. The fourth-order valence-corrected chi connectivity index (χ4v) is 2.50. The second-order valence-corrected chi connectivity index (χ2v) is 5.88. The van der Waals surface area contributed by atoms with E-state index in [0.717, 1.165) is 12.0 Å². The monoisotopic (exact) mass is 354 g/mol. The normalized spacial score (nSPS) is 12.0. The Balaban J connectivity index is 2.11. The average molecular weight is 354 g/mol. The molecule has 1 atom stereocenters. The van der Waals surface area contributed by atoms with Crippen molar-refractivity contribution in [1.82, 2.24) is 19.9 Å². The quantitative estimate of drug-likeness (QED) is 0.695. The topological polar surface area (TPSA) is 108 Å². The van der Waals surface area contributed by atoms with Crippen molar-refractivity contribution in [3.8, 4) is 22.8 Å². The molecule has 2 aromatic heterocycles. The van der Waals surface area contributed by atoms with Crippen LogP contribution in [0, 0.1) is 0 Å². The second-order valence-electron chi connectivity index (χ2n) is 5.88. The van der Waals surface area contributed by atoms with Crippen molar-refractivity contribution < 1.29 is 9.47 Å². The molecule has 136 valence electrons. The SMILES string of the molecule is CC[C@@H](C)Nc1nc(N)nc2ncc(-c3ccc(OC)c(OC)c3)nc12. The molecule has 26 heavy (non-hydrogen) atoms. The zero-order chi connectivity index (χ0) is 18.7. The molecule has 0 unspecified atom stereocenters. The van der Waals surface area contributed by atoms with Crippen molar-refractivity contribution in [2.24, 2.45) is 0 Å². The fourth-order valence-electron chi connectivity index (χ4n) is 2.50. The lowest BCUT2D eigenvalue weighted by Gasteiger charge is -2.14. The molecule has 2 heterocycles.